The van der Waals surface area contributed by atoms with Crippen molar-refractivity contribution >= 4 is 41.3 Å². The van der Waals surface area contributed by atoms with Crippen LogP contribution in [-0.2, 0) is 23.8 Å². The molecule has 2 atom stereocenters. The highest BCUT2D eigenvalue weighted by Gasteiger charge is 2.41. The maximum absolute atomic E-state index is 15.2. The van der Waals surface area contributed by atoms with Crippen LogP contribution < -0.4 is 10.6 Å². The lowest BCUT2D eigenvalue weighted by atomic mass is 9.84. The number of rotatable bonds is 23. The molecule has 0 saturated heterocycles. The number of unbranched alkanes of at least 4 members (excludes halogenated alkanes) is 1. The molecule has 344 valence electrons. The number of carbonyl (C=O) groups excluding carboxylic acids is 3. The zero-order chi connectivity index (χ0) is 46.8. The van der Waals surface area contributed by atoms with Crippen molar-refractivity contribution in [2.45, 2.75) is 68.1 Å². The lowest BCUT2D eigenvalue weighted by Gasteiger charge is -2.37. The van der Waals surface area contributed by atoms with Crippen molar-refractivity contribution in [1.82, 2.24) is 15.5 Å². The summed E-state index contributed by atoms with van der Waals surface area (Å²) in [7, 11) is 1.66. The Morgan fingerprint density at radius 2 is 0.924 bits per heavy atom. The maximum atomic E-state index is 15.2. The fourth-order valence-electron chi connectivity index (χ4n) is 8.22. The van der Waals surface area contributed by atoms with Crippen LogP contribution in [0.15, 0.2) is 182 Å². The molecular weight excluding hydrogens is 855 g/mol. The average molecular weight is 920 g/mol. The minimum Gasteiger partial charge on any atom is -0.444 e. The van der Waals surface area contributed by atoms with Gasteiger partial charge in [-0.2, -0.15) is 0 Å². The number of benzene rings is 6. The van der Waals surface area contributed by atoms with Gasteiger partial charge in [0.25, 0.3) is 0 Å². The molecule has 0 heterocycles. The van der Waals surface area contributed by atoms with E-state index in [1.54, 1.807) is 30.6 Å². The van der Waals surface area contributed by atoms with Gasteiger partial charge >= 0.3 is 6.09 Å². The molecule has 0 aromatic heterocycles. The average Bonchev–Trinajstić information content (AvgIpc) is 3.34. The third kappa shape index (κ3) is 12.8. The van der Waals surface area contributed by atoms with E-state index < -0.39 is 33.1 Å². The zero-order valence-corrected chi connectivity index (χ0v) is 40.7. The Bertz CT molecular complexity index is 2190. The topological polar surface area (TPSA) is 87.7 Å². The van der Waals surface area contributed by atoms with E-state index in [4.69, 9.17) is 4.74 Å². The smallest absolute Gasteiger partial charge is 0.410 e. The van der Waals surface area contributed by atoms with Gasteiger partial charge in [0.05, 0.1) is 21.5 Å². The molecular formula is C57H65N3O4S2. The van der Waals surface area contributed by atoms with E-state index in [9.17, 15) is 9.59 Å². The van der Waals surface area contributed by atoms with E-state index in [0.717, 1.165) is 46.2 Å². The van der Waals surface area contributed by atoms with Gasteiger partial charge in [-0.15, -0.1) is 23.5 Å². The Hall–Kier alpha value is -5.61. The van der Waals surface area contributed by atoms with Crippen LogP contribution >= 0.6 is 23.5 Å². The molecule has 0 radical (unpaired) electrons. The third-order valence-electron chi connectivity index (χ3n) is 11.6. The van der Waals surface area contributed by atoms with E-state index in [1.165, 1.54) is 4.90 Å². The van der Waals surface area contributed by atoms with Crippen LogP contribution in [0.5, 0.6) is 0 Å². The monoisotopic (exact) mass is 919 g/mol. The number of Topliss-reactive ketones (excluding diaryl/α,β-unsaturated/α-hetero) is 1. The predicted molar refractivity (Wildman–Crippen MR) is 275 cm³/mol. The van der Waals surface area contributed by atoms with E-state index in [1.807, 2.05) is 57.2 Å². The van der Waals surface area contributed by atoms with E-state index in [0.29, 0.717) is 18.1 Å². The summed E-state index contributed by atoms with van der Waals surface area (Å²) in [6.45, 7) is 8.75. The number of amides is 2. The standard InChI is InChI=1S/C57H65N3O4S2/c1-6-7-38-58-51(43-66-57(48-32-20-11-21-33-48,49-34-22-12-23-35-49)50-36-24-13-25-37-50)52(61)41-44(53(62)59-39-40-60(5)54(63)64-55(2,3)4)42-65-56(45-26-14-8-15-27-45,46-28-16-9-17-29-46)47-30-18-10-19-31-47/h8-37,44,51,58H,6-7,38-43H2,1-5H3,(H,59,62)/t44-,51-/m0/s1. The Labute approximate surface area is 401 Å². The molecule has 0 saturated carbocycles. The number of carbonyl (C=O) groups is 3. The summed E-state index contributed by atoms with van der Waals surface area (Å²) in [5.41, 5.74) is 5.94. The molecule has 0 aliphatic heterocycles. The molecule has 7 nitrogen and oxygen atoms in total. The van der Waals surface area contributed by atoms with Crippen molar-refractivity contribution in [3.8, 4) is 0 Å². The molecule has 0 spiro atoms. The number of likely N-dealkylation sites (N-methyl/N-ethyl adjacent to an activating group) is 1. The number of ketones is 1. The van der Waals surface area contributed by atoms with E-state index in [-0.39, 0.29) is 31.2 Å². The number of ether oxygens (including phenoxy) is 1. The molecule has 2 amide bonds. The van der Waals surface area contributed by atoms with Crippen molar-refractivity contribution in [1.29, 1.82) is 0 Å². The van der Waals surface area contributed by atoms with Crippen molar-refractivity contribution in [2.24, 2.45) is 5.92 Å². The van der Waals surface area contributed by atoms with Crippen LogP contribution in [-0.4, -0.2) is 72.5 Å². The lowest BCUT2D eigenvalue weighted by molar-refractivity contribution is -0.129. The molecule has 0 aliphatic rings. The van der Waals surface area contributed by atoms with Crippen molar-refractivity contribution in [3.05, 3.63) is 215 Å². The molecule has 0 fully saturated rings. The molecule has 66 heavy (non-hydrogen) atoms. The van der Waals surface area contributed by atoms with Crippen molar-refractivity contribution in [2.75, 3.05) is 38.2 Å². The van der Waals surface area contributed by atoms with Crippen LogP contribution in [0.4, 0.5) is 4.79 Å². The first-order chi connectivity index (χ1) is 32.0. The SMILES string of the molecule is CCCCN[C@@H](CSC(c1ccccc1)(c1ccccc1)c1ccccc1)C(=O)C[C@@H](CSC(c1ccccc1)(c1ccccc1)c1ccccc1)C(=O)NCCN(C)C(=O)OC(C)(C)C. The van der Waals surface area contributed by atoms with Gasteiger partial charge in [-0.3, -0.25) is 9.59 Å². The number of hydrogen-bond donors (Lipinski definition) is 2. The van der Waals surface area contributed by atoms with Gasteiger partial charge in [-0.1, -0.05) is 195 Å². The Morgan fingerprint density at radius 1 is 0.561 bits per heavy atom. The first-order valence-electron chi connectivity index (χ1n) is 23.1. The quantitative estimate of drug-likeness (QED) is 0.0489. The van der Waals surface area contributed by atoms with Crippen LogP contribution in [0.2, 0.25) is 0 Å². The molecule has 6 aromatic rings. The predicted octanol–water partition coefficient (Wildman–Crippen LogP) is 11.8. The van der Waals surface area contributed by atoms with Gasteiger partial charge in [0.15, 0.2) is 5.78 Å². The maximum Gasteiger partial charge on any atom is 0.410 e. The molecule has 0 bridgehead atoms. The molecule has 2 N–H and O–H groups in total. The fraction of sp³-hybridized carbons (Fsp3) is 0.316. The van der Waals surface area contributed by atoms with Crippen molar-refractivity contribution < 1.29 is 19.1 Å². The second-order valence-electron chi connectivity index (χ2n) is 17.6. The van der Waals surface area contributed by atoms with Crippen LogP contribution in [0.1, 0.15) is 80.3 Å². The normalized spacial score (nSPS) is 12.7. The molecule has 6 aromatic carbocycles. The van der Waals surface area contributed by atoms with Crippen LogP contribution in [0.25, 0.3) is 0 Å². The Morgan fingerprint density at radius 3 is 1.27 bits per heavy atom. The van der Waals surface area contributed by atoms with Gasteiger partial charge in [0, 0.05) is 38.1 Å². The zero-order valence-electron chi connectivity index (χ0n) is 39.0. The van der Waals surface area contributed by atoms with E-state index >= 15 is 4.79 Å². The minimum absolute atomic E-state index is 0.0157. The first kappa shape index (κ1) is 49.8. The number of hydrogen-bond acceptors (Lipinski definition) is 7. The number of nitrogens with one attached hydrogen (secondary N) is 2. The highest BCUT2D eigenvalue weighted by atomic mass is 32.2. The summed E-state index contributed by atoms with van der Waals surface area (Å²) in [5.74, 6) is -0.144. The van der Waals surface area contributed by atoms with Gasteiger partial charge in [-0.25, -0.2) is 4.79 Å². The first-order valence-corrected chi connectivity index (χ1v) is 25.0. The highest BCUT2D eigenvalue weighted by Crippen LogP contribution is 2.50. The third-order valence-corrected chi connectivity index (χ3v) is 15.0. The van der Waals surface area contributed by atoms with Gasteiger partial charge in [-0.05, 0) is 67.1 Å². The second kappa shape index (κ2) is 24.2. The molecule has 0 aliphatic carbocycles. The summed E-state index contributed by atoms with van der Waals surface area (Å²) in [6, 6.07) is 62.3. The molecule has 6 rings (SSSR count). The number of thioether (sulfide) groups is 2. The Balaban J connectivity index is 1.36. The summed E-state index contributed by atoms with van der Waals surface area (Å²) in [6.07, 6.45) is 1.44. The Kier molecular flexibility index (Phi) is 18.3. The van der Waals surface area contributed by atoms with Gasteiger partial charge in [0.1, 0.15) is 5.60 Å². The summed E-state index contributed by atoms with van der Waals surface area (Å²) in [4.78, 5) is 44.2. The molecule has 9 heteroatoms. The number of nitrogens with zero attached hydrogens (tertiary/aromatic N) is 1. The summed E-state index contributed by atoms with van der Waals surface area (Å²) in [5, 5.41) is 6.79. The minimum atomic E-state index is -0.701. The van der Waals surface area contributed by atoms with Crippen LogP contribution in [0, 0.1) is 5.92 Å². The van der Waals surface area contributed by atoms with Gasteiger partial charge in [0.2, 0.25) is 5.91 Å². The van der Waals surface area contributed by atoms with Gasteiger partial charge < -0.3 is 20.3 Å². The van der Waals surface area contributed by atoms with E-state index in [2.05, 4.69) is 163 Å². The van der Waals surface area contributed by atoms with Crippen LogP contribution in [0.3, 0.4) is 0 Å². The summed E-state index contributed by atoms with van der Waals surface area (Å²) < 4.78 is 4.25. The fourth-order valence-corrected chi connectivity index (χ4v) is 11.5. The lowest BCUT2D eigenvalue weighted by Crippen LogP contribution is -2.45. The highest BCUT2D eigenvalue weighted by molar-refractivity contribution is 8.01. The summed E-state index contributed by atoms with van der Waals surface area (Å²) >= 11 is 3.43. The largest absolute Gasteiger partial charge is 0.444 e. The second-order valence-corrected chi connectivity index (χ2v) is 20.1. The van der Waals surface area contributed by atoms with Crippen molar-refractivity contribution in [3.63, 3.8) is 0 Å². The molecule has 0 unspecified atom stereocenters.